The number of benzene rings is 1. The molecule has 2 heterocycles. The molecule has 0 unspecified atom stereocenters. The minimum absolute atomic E-state index is 0.214. The summed E-state index contributed by atoms with van der Waals surface area (Å²) in [5.41, 5.74) is 3.28. The fourth-order valence-corrected chi connectivity index (χ4v) is 5.29. The molecule has 2 N–H and O–H groups in total. The van der Waals surface area contributed by atoms with Crippen LogP contribution in [0.15, 0.2) is 16.7 Å². The summed E-state index contributed by atoms with van der Waals surface area (Å²) in [6.45, 7) is 6.70. The number of aromatic nitrogens is 1. The van der Waals surface area contributed by atoms with Gasteiger partial charge in [-0.3, -0.25) is 0 Å². The molecule has 0 bridgehead atoms. The Morgan fingerprint density at radius 2 is 1.88 bits per heavy atom. The van der Waals surface area contributed by atoms with Crippen molar-refractivity contribution < 1.29 is 14.4 Å². The van der Waals surface area contributed by atoms with Gasteiger partial charge in [-0.2, -0.15) is 0 Å². The van der Waals surface area contributed by atoms with Crippen LogP contribution in [0.4, 0.5) is 0 Å². The quantitative estimate of drug-likeness (QED) is 0.575. The predicted octanol–water partition coefficient (Wildman–Crippen LogP) is 4.57. The normalized spacial score (nSPS) is 20.8. The second-order valence-corrected chi connectivity index (χ2v) is 10.7. The first-order valence-electron chi connectivity index (χ1n) is 13.0. The maximum Gasteiger partial charge on any atom is 0.173 e. The molecule has 1 aliphatic heterocycles. The number of fused-ring (bicyclic) bond motifs is 1. The minimum atomic E-state index is 0.214. The van der Waals surface area contributed by atoms with E-state index in [1.54, 1.807) is 0 Å². The van der Waals surface area contributed by atoms with E-state index in [9.17, 15) is 5.11 Å². The van der Waals surface area contributed by atoms with Gasteiger partial charge in [0.15, 0.2) is 5.58 Å². The van der Waals surface area contributed by atoms with E-state index >= 15 is 0 Å². The third-order valence-corrected chi connectivity index (χ3v) is 7.89. The summed E-state index contributed by atoms with van der Waals surface area (Å²) in [7, 11) is 3.75. The number of likely N-dealkylation sites (tertiary alicyclic amines) is 1. The topological polar surface area (TPSA) is 70.8 Å². The summed E-state index contributed by atoms with van der Waals surface area (Å²) in [6, 6.07) is 4.22. The van der Waals surface area contributed by atoms with Crippen molar-refractivity contribution in [2.24, 2.45) is 17.3 Å². The van der Waals surface area contributed by atoms with Crippen LogP contribution < -0.4 is 10.1 Å². The van der Waals surface area contributed by atoms with Crippen molar-refractivity contribution in [2.75, 3.05) is 46.9 Å². The van der Waals surface area contributed by atoms with E-state index in [1.165, 1.54) is 64.5 Å². The van der Waals surface area contributed by atoms with Crippen LogP contribution in [0.3, 0.4) is 0 Å². The van der Waals surface area contributed by atoms with Crippen molar-refractivity contribution in [3.05, 3.63) is 23.4 Å². The number of hydrogen-bond acceptors (Lipinski definition) is 6. The molecule has 1 aromatic carbocycles. The summed E-state index contributed by atoms with van der Waals surface area (Å²) in [4.78, 5) is 2.59. The van der Waals surface area contributed by atoms with Gasteiger partial charge in [-0.25, -0.2) is 0 Å². The van der Waals surface area contributed by atoms with E-state index in [1.807, 2.05) is 14.1 Å². The third kappa shape index (κ3) is 6.09. The summed E-state index contributed by atoms with van der Waals surface area (Å²) >= 11 is 0. The molecule has 6 nitrogen and oxygen atoms in total. The Kier molecular flexibility index (Phi) is 8.31. The van der Waals surface area contributed by atoms with Crippen molar-refractivity contribution in [1.29, 1.82) is 0 Å². The van der Waals surface area contributed by atoms with Crippen LogP contribution in [0.1, 0.15) is 62.6 Å². The SMILES string of the molecule is CNC.Cc1c(OCC2CC2)ccc2c(CCC3CCN(CC4(CO)CCC4)CC3)noc12. The zero-order valence-electron chi connectivity index (χ0n) is 20.9. The molecule has 3 fully saturated rings. The summed E-state index contributed by atoms with van der Waals surface area (Å²) in [5, 5.41) is 18.1. The zero-order chi connectivity index (χ0) is 23.3. The van der Waals surface area contributed by atoms with Gasteiger partial charge in [0.25, 0.3) is 0 Å². The number of aliphatic hydroxyl groups is 1. The first-order valence-corrected chi connectivity index (χ1v) is 13.0. The Morgan fingerprint density at radius 1 is 1.15 bits per heavy atom. The molecule has 184 valence electrons. The molecular formula is C27H43N3O3. The van der Waals surface area contributed by atoms with E-state index in [4.69, 9.17) is 9.26 Å². The molecule has 2 aliphatic carbocycles. The zero-order valence-corrected chi connectivity index (χ0v) is 20.9. The molecule has 1 saturated heterocycles. The molecule has 6 heteroatoms. The second-order valence-electron chi connectivity index (χ2n) is 10.7. The lowest BCUT2D eigenvalue weighted by Gasteiger charge is -2.45. The first-order chi connectivity index (χ1) is 16.1. The molecule has 0 spiro atoms. The van der Waals surface area contributed by atoms with Crippen molar-refractivity contribution in [3.8, 4) is 5.75 Å². The molecular weight excluding hydrogens is 414 g/mol. The van der Waals surface area contributed by atoms with E-state index in [0.717, 1.165) is 59.4 Å². The number of nitrogens with one attached hydrogen (secondary N) is 1. The first kappa shape index (κ1) is 24.5. The molecule has 0 atom stereocenters. The van der Waals surface area contributed by atoms with Crippen LogP contribution in [-0.2, 0) is 6.42 Å². The molecule has 0 radical (unpaired) electrons. The maximum absolute atomic E-state index is 9.74. The largest absolute Gasteiger partial charge is 0.493 e. The smallest absolute Gasteiger partial charge is 0.173 e. The van der Waals surface area contributed by atoms with Gasteiger partial charge in [0, 0.05) is 29.5 Å². The number of aliphatic hydroxyl groups excluding tert-OH is 1. The number of aryl methyl sites for hydroxylation is 2. The molecule has 33 heavy (non-hydrogen) atoms. The van der Waals surface area contributed by atoms with Crippen LogP contribution in [-0.4, -0.2) is 62.1 Å². The fraction of sp³-hybridized carbons (Fsp3) is 0.741. The number of ether oxygens (including phenoxy) is 1. The highest BCUT2D eigenvalue weighted by Crippen LogP contribution is 2.42. The Balaban J connectivity index is 0.000000821. The summed E-state index contributed by atoms with van der Waals surface area (Å²) in [5.74, 6) is 2.46. The highest BCUT2D eigenvalue weighted by molar-refractivity contribution is 5.84. The predicted molar refractivity (Wildman–Crippen MR) is 133 cm³/mol. The van der Waals surface area contributed by atoms with Crippen LogP contribution in [0, 0.1) is 24.2 Å². The highest BCUT2D eigenvalue weighted by Gasteiger charge is 2.38. The minimum Gasteiger partial charge on any atom is -0.493 e. The van der Waals surface area contributed by atoms with Crippen LogP contribution in [0.2, 0.25) is 0 Å². The van der Waals surface area contributed by atoms with Gasteiger partial charge in [-0.05, 0) is 109 Å². The molecule has 2 saturated carbocycles. The lowest BCUT2D eigenvalue weighted by molar-refractivity contribution is -0.00152. The van der Waals surface area contributed by atoms with E-state index < -0.39 is 0 Å². The van der Waals surface area contributed by atoms with Crippen LogP contribution in [0.5, 0.6) is 5.75 Å². The average molecular weight is 458 g/mol. The van der Waals surface area contributed by atoms with Crippen molar-refractivity contribution in [2.45, 2.75) is 64.7 Å². The Morgan fingerprint density at radius 3 is 2.48 bits per heavy atom. The highest BCUT2D eigenvalue weighted by atomic mass is 16.5. The molecule has 1 aromatic heterocycles. The number of nitrogens with zero attached hydrogens (tertiary/aromatic N) is 2. The Bertz CT molecular complexity index is 875. The maximum atomic E-state index is 9.74. The Labute approximate surface area is 199 Å². The van der Waals surface area contributed by atoms with Crippen LogP contribution in [0.25, 0.3) is 11.0 Å². The monoisotopic (exact) mass is 457 g/mol. The van der Waals surface area contributed by atoms with Gasteiger partial charge >= 0.3 is 0 Å². The molecule has 2 aromatic rings. The standard InChI is InChI=1S/C25H36N2O3.C2H7N/c1-18-23(29-15-20-3-4-20)8-6-21-22(26-30-24(18)21)7-5-19-9-13-27(14-10-19)16-25(17-28)11-2-12-25;1-3-2/h6,8,19-20,28H,2-5,7,9-17H2,1H3;3H,1-2H3. The lowest BCUT2D eigenvalue weighted by atomic mass is 9.69. The number of rotatable bonds is 9. The molecule has 3 aliphatic rings. The van der Waals surface area contributed by atoms with Gasteiger partial charge in [-0.15, -0.1) is 0 Å². The fourth-order valence-electron chi connectivity index (χ4n) is 5.29. The van der Waals surface area contributed by atoms with Gasteiger partial charge in [0.1, 0.15) is 5.75 Å². The van der Waals surface area contributed by atoms with Gasteiger partial charge in [0.2, 0.25) is 0 Å². The lowest BCUT2D eigenvalue weighted by Crippen LogP contribution is -2.47. The van der Waals surface area contributed by atoms with Gasteiger partial charge < -0.3 is 24.6 Å². The van der Waals surface area contributed by atoms with Crippen LogP contribution >= 0.6 is 0 Å². The third-order valence-electron chi connectivity index (χ3n) is 7.89. The summed E-state index contributed by atoms with van der Waals surface area (Å²) < 4.78 is 11.7. The van der Waals surface area contributed by atoms with E-state index in [2.05, 4.69) is 34.4 Å². The number of hydrogen-bond donors (Lipinski definition) is 2. The molecule has 5 rings (SSSR count). The van der Waals surface area contributed by atoms with Gasteiger partial charge in [-0.1, -0.05) is 11.6 Å². The average Bonchev–Trinajstić information content (AvgIpc) is 3.54. The number of piperidine rings is 1. The van der Waals surface area contributed by atoms with Crippen molar-refractivity contribution >= 4 is 11.0 Å². The second kappa shape index (κ2) is 11.2. The van der Waals surface area contributed by atoms with Crippen molar-refractivity contribution in [1.82, 2.24) is 15.4 Å². The van der Waals surface area contributed by atoms with Gasteiger partial charge in [0.05, 0.1) is 12.3 Å². The van der Waals surface area contributed by atoms with E-state index in [-0.39, 0.29) is 5.41 Å². The molecule has 0 amide bonds. The van der Waals surface area contributed by atoms with E-state index in [0.29, 0.717) is 6.61 Å². The van der Waals surface area contributed by atoms with Crippen molar-refractivity contribution in [3.63, 3.8) is 0 Å². The summed E-state index contributed by atoms with van der Waals surface area (Å²) in [6.07, 6.45) is 11.0. The Hall–Kier alpha value is -1.63.